The summed E-state index contributed by atoms with van der Waals surface area (Å²) in [6, 6.07) is 9.51. The van der Waals surface area contributed by atoms with Crippen molar-refractivity contribution < 1.29 is 0 Å². The topological polar surface area (TPSA) is 15.3 Å². The van der Waals surface area contributed by atoms with E-state index in [1.165, 1.54) is 24.1 Å². The van der Waals surface area contributed by atoms with E-state index in [1.54, 1.807) is 0 Å². The van der Waals surface area contributed by atoms with Gasteiger partial charge in [0.05, 0.1) is 0 Å². The van der Waals surface area contributed by atoms with Gasteiger partial charge in [-0.05, 0) is 57.6 Å². The Morgan fingerprint density at radius 2 is 1.86 bits per heavy atom. The first kappa shape index (κ1) is 16.4. The molecule has 21 heavy (non-hydrogen) atoms. The Morgan fingerprint density at radius 3 is 2.48 bits per heavy atom. The first-order valence-corrected chi connectivity index (χ1v) is 8.34. The van der Waals surface area contributed by atoms with Gasteiger partial charge in [-0.15, -0.1) is 0 Å². The molecule has 1 aliphatic heterocycles. The lowest BCUT2D eigenvalue weighted by Crippen LogP contribution is -2.48. The summed E-state index contributed by atoms with van der Waals surface area (Å²) in [4.78, 5) is 2.61. The van der Waals surface area contributed by atoms with Gasteiger partial charge in [-0.1, -0.05) is 32.0 Å². The number of rotatable bonds is 5. The van der Waals surface area contributed by atoms with Crippen LogP contribution in [0.1, 0.15) is 53.5 Å². The maximum absolute atomic E-state index is 3.70. The van der Waals surface area contributed by atoms with Gasteiger partial charge < -0.3 is 10.2 Å². The van der Waals surface area contributed by atoms with Crippen LogP contribution < -0.4 is 10.2 Å². The first-order valence-electron chi connectivity index (χ1n) is 8.34. The second kappa shape index (κ2) is 6.00. The minimum atomic E-state index is 0.185. The predicted octanol–water partition coefficient (Wildman–Crippen LogP) is 4.24. The van der Waals surface area contributed by atoms with E-state index >= 15 is 0 Å². The van der Waals surface area contributed by atoms with Crippen LogP contribution in [0.4, 0.5) is 5.69 Å². The highest BCUT2D eigenvalue weighted by Gasteiger charge is 2.33. The Morgan fingerprint density at radius 1 is 1.19 bits per heavy atom. The van der Waals surface area contributed by atoms with Crippen molar-refractivity contribution in [3.05, 3.63) is 29.8 Å². The fraction of sp³-hybridized carbons (Fsp3) is 0.684. The van der Waals surface area contributed by atoms with Gasteiger partial charge in [0.25, 0.3) is 0 Å². The lowest BCUT2D eigenvalue weighted by molar-refractivity contribution is 0.256. The summed E-state index contributed by atoms with van der Waals surface area (Å²) in [6.45, 7) is 16.0. The van der Waals surface area contributed by atoms with Crippen molar-refractivity contribution in [1.82, 2.24) is 5.32 Å². The van der Waals surface area contributed by atoms with Crippen LogP contribution in [0.15, 0.2) is 24.3 Å². The van der Waals surface area contributed by atoms with E-state index in [1.807, 2.05) is 0 Å². The lowest BCUT2D eigenvalue weighted by Gasteiger charge is -2.38. The predicted molar refractivity (Wildman–Crippen MR) is 93.1 cm³/mol. The van der Waals surface area contributed by atoms with Crippen LogP contribution in [-0.2, 0) is 6.42 Å². The molecule has 1 N–H and O–H groups in total. The molecule has 118 valence electrons. The molecule has 0 amide bonds. The molecular formula is C19H32N2. The maximum Gasteiger partial charge on any atom is 0.0402 e. The van der Waals surface area contributed by atoms with Crippen LogP contribution >= 0.6 is 0 Å². The van der Waals surface area contributed by atoms with E-state index in [4.69, 9.17) is 0 Å². The molecular weight excluding hydrogens is 256 g/mol. The molecule has 0 fully saturated rings. The standard InChI is InChI=1S/C19H32N2/c1-7-19(6,13-20-18(3,4)5)14-21-15(2)12-16-10-8-9-11-17(16)21/h8-11,15,20H,7,12-14H2,1-6H3. The number of hydrogen-bond acceptors (Lipinski definition) is 2. The summed E-state index contributed by atoms with van der Waals surface area (Å²) in [7, 11) is 0. The smallest absolute Gasteiger partial charge is 0.0402 e. The molecule has 1 heterocycles. The normalized spacial score (nSPS) is 21.2. The largest absolute Gasteiger partial charge is 0.368 e. The third-order valence-corrected chi connectivity index (χ3v) is 4.80. The molecule has 0 spiro atoms. The number of nitrogens with one attached hydrogen (secondary N) is 1. The van der Waals surface area contributed by atoms with Crippen LogP contribution in [0.2, 0.25) is 0 Å². The van der Waals surface area contributed by atoms with Crippen LogP contribution in [0.5, 0.6) is 0 Å². The number of fused-ring (bicyclic) bond motifs is 1. The summed E-state index contributed by atoms with van der Waals surface area (Å²) in [5, 5.41) is 3.70. The van der Waals surface area contributed by atoms with Crippen molar-refractivity contribution in [3.8, 4) is 0 Å². The van der Waals surface area contributed by atoms with Crippen molar-refractivity contribution in [1.29, 1.82) is 0 Å². The Balaban J connectivity index is 2.11. The number of benzene rings is 1. The molecule has 0 aromatic heterocycles. The number of anilines is 1. The van der Waals surface area contributed by atoms with Gasteiger partial charge in [0.1, 0.15) is 0 Å². The van der Waals surface area contributed by atoms with Gasteiger partial charge in [0.2, 0.25) is 0 Å². The summed E-state index contributed by atoms with van der Waals surface area (Å²) in [6.07, 6.45) is 2.38. The van der Waals surface area contributed by atoms with E-state index in [0.717, 1.165) is 13.1 Å². The lowest BCUT2D eigenvalue weighted by atomic mass is 9.85. The van der Waals surface area contributed by atoms with Crippen molar-refractivity contribution >= 4 is 5.69 Å². The zero-order valence-electron chi connectivity index (χ0n) is 14.7. The molecule has 2 heteroatoms. The van der Waals surface area contributed by atoms with Gasteiger partial charge in [-0.2, -0.15) is 0 Å². The quantitative estimate of drug-likeness (QED) is 0.871. The van der Waals surface area contributed by atoms with E-state index in [-0.39, 0.29) is 5.54 Å². The van der Waals surface area contributed by atoms with Crippen LogP contribution in [0.25, 0.3) is 0 Å². The SMILES string of the molecule is CCC(C)(CNC(C)(C)C)CN1c2ccccc2CC1C. The van der Waals surface area contributed by atoms with Gasteiger partial charge in [0.15, 0.2) is 0 Å². The third-order valence-electron chi connectivity index (χ3n) is 4.80. The molecule has 0 saturated carbocycles. The monoisotopic (exact) mass is 288 g/mol. The highest BCUT2D eigenvalue weighted by molar-refractivity contribution is 5.59. The number of hydrogen-bond donors (Lipinski definition) is 1. The van der Waals surface area contributed by atoms with Crippen molar-refractivity contribution in [2.24, 2.45) is 5.41 Å². The Labute approximate surface area is 130 Å². The highest BCUT2D eigenvalue weighted by Crippen LogP contribution is 2.35. The Bertz CT molecular complexity index is 475. The van der Waals surface area contributed by atoms with Crippen molar-refractivity contribution in [3.63, 3.8) is 0 Å². The third kappa shape index (κ3) is 4.00. The average molecular weight is 288 g/mol. The molecule has 0 aliphatic carbocycles. The molecule has 0 bridgehead atoms. The van der Waals surface area contributed by atoms with Crippen LogP contribution in [-0.4, -0.2) is 24.7 Å². The fourth-order valence-corrected chi connectivity index (χ4v) is 3.05. The van der Waals surface area contributed by atoms with E-state index in [2.05, 4.69) is 76.0 Å². The van der Waals surface area contributed by atoms with E-state index in [9.17, 15) is 0 Å². The zero-order valence-corrected chi connectivity index (χ0v) is 14.7. The minimum absolute atomic E-state index is 0.185. The maximum atomic E-state index is 3.70. The first-order chi connectivity index (χ1) is 9.74. The van der Waals surface area contributed by atoms with Crippen LogP contribution in [0.3, 0.4) is 0 Å². The minimum Gasteiger partial charge on any atom is -0.368 e. The molecule has 0 saturated heterocycles. The average Bonchev–Trinajstić information content (AvgIpc) is 2.72. The second-order valence-electron chi connectivity index (χ2n) is 8.08. The highest BCUT2D eigenvalue weighted by atomic mass is 15.2. The summed E-state index contributed by atoms with van der Waals surface area (Å²) in [5.41, 5.74) is 3.44. The van der Waals surface area contributed by atoms with Gasteiger partial charge in [-0.25, -0.2) is 0 Å². The Kier molecular flexibility index (Phi) is 4.67. The fourth-order valence-electron chi connectivity index (χ4n) is 3.05. The summed E-state index contributed by atoms with van der Waals surface area (Å²) < 4.78 is 0. The van der Waals surface area contributed by atoms with Gasteiger partial charge in [0, 0.05) is 30.4 Å². The zero-order chi connectivity index (χ0) is 15.7. The molecule has 1 aliphatic rings. The molecule has 2 atom stereocenters. The van der Waals surface area contributed by atoms with Crippen LogP contribution in [0, 0.1) is 5.41 Å². The van der Waals surface area contributed by atoms with E-state index in [0.29, 0.717) is 11.5 Å². The molecule has 2 unspecified atom stereocenters. The van der Waals surface area contributed by atoms with Crippen molar-refractivity contribution in [2.75, 3.05) is 18.0 Å². The number of nitrogens with zero attached hydrogens (tertiary/aromatic N) is 1. The van der Waals surface area contributed by atoms with Crippen molar-refractivity contribution in [2.45, 2.75) is 66.0 Å². The summed E-state index contributed by atoms with van der Waals surface area (Å²) in [5.74, 6) is 0. The molecule has 2 rings (SSSR count). The molecule has 0 radical (unpaired) electrons. The molecule has 1 aromatic carbocycles. The van der Waals surface area contributed by atoms with E-state index < -0.39 is 0 Å². The van der Waals surface area contributed by atoms with Gasteiger partial charge in [-0.3, -0.25) is 0 Å². The molecule has 2 nitrogen and oxygen atoms in total. The molecule has 1 aromatic rings. The Hall–Kier alpha value is -1.02. The summed E-state index contributed by atoms with van der Waals surface area (Å²) >= 11 is 0. The second-order valence-corrected chi connectivity index (χ2v) is 8.08. The van der Waals surface area contributed by atoms with Gasteiger partial charge >= 0.3 is 0 Å². The number of para-hydroxylation sites is 1.